The zero-order valence-corrected chi connectivity index (χ0v) is 6.72. The highest BCUT2D eigenvalue weighted by Crippen LogP contribution is 2.16. The van der Waals surface area contributed by atoms with Crippen LogP contribution in [-0.2, 0) is 6.54 Å². The number of rotatable bonds is 1. The fraction of sp³-hybridized carbons (Fsp3) is 0.400. The Morgan fingerprint density at radius 1 is 1.89 bits per heavy atom. The molecule has 0 atom stereocenters. The van der Waals surface area contributed by atoms with Gasteiger partial charge >= 0.3 is 0 Å². The standard InChI is InChI=1S/C5H8BrN3/c1-2-9-5(7)4(6)3-8-9/h3H,2,7H2,1H3. The summed E-state index contributed by atoms with van der Waals surface area (Å²) in [4.78, 5) is 0. The van der Waals surface area contributed by atoms with Crippen molar-refractivity contribution in [3.05, 3.63) is 10.7 Å². The molecule has 1 heterocycles. The second kappa shape index (κ2) is 2.39. The summed E-state index contributed by atoms with van der Waals surface area (Å²) in [7, 11) is 0. The second-order valence-electron chi connectivity index (χ2n) is 1.69. The van der Waals surface area contributed by atoms with Crippen LogP contribution < -0.4 is 5.73 Å². The molecule has 9 heavy (non-hydrogen) atoms. The number of hydrogen-bond acceptors (Lipinski definition) is 2. The van der Waals surface area contributed by atoms with E-state index < -0.39 is 0 Å². The number of halogens is 1. The van der Waals surface area contributed by atoms with Crippen LogP contribution in [-0.4, -0.2) is 9.78 Å². The van der Waals surface area contributed by atoms with Crippen LogP contribution >= 0.6 is 15.9 Å². The van der Waals surface area contributed by atoms with Gasteiger partial charge in [0.25, 0.3) is 0 Å². The van der Waals surface area contributed by atoms with Gasteiger partial charge in [0.05, 0.1) is 10.7 Å². The Morgan fingerprint density at radius 3 is 2.78 bits per heavy atom. The fourth-order valence-electron chi connectivity index (χ4n) is 0.624. The van der Waals surface area contributed by atoms with E-state index in [1.165, 1.54) is 0 Å². The van der Waals surface area contributed by atoms with Gasteiger partial charge in [-0.25, -0.2) is 4.68 Å². The van der Waals surface area contributed by atoms with E-state index in [2.05, 4.69) is 21.0 Å². The van der Waals surface area contributed by atoms with Crippen molar-refractivity contribution < 1.29 is 0 Å². The molecule has 0 saturated carbocycles. The van der Waals surface area contributed by atoms with Crippen LogP contribution in [0.25, 0.3) is 0 Å². The van der Waals surface area contributed by atoms with Gasteiger partial charge in [-0.2, -0.15) is 5.10 Å². The second-order valence-corrected chi connectivity index (χ2v) is 2.55. The minimum atomic E-state index is 0.692. The maximum absolute atomic E-state index is 5.57. The lowest BCUT2D eigenvalue weighted by Crippen LogP contribution is -2.01. The quantitative estimate of drug-likeness (QED) is 0.724. The third-order valence-corrected chi connectivity index (χ3v) is 1.74. The van der Waals surface area contributed by atoms with Crippen LogP contribution in [0.3, 0.4) is 0 Å². The SMILES string of the molecule is CCn1ncc(Br)c1N. The Morgan fingerprint density at radius 2 is 2.56 bits per heavy atom. The zero-order chi connectivity index (χ0) is 6.85. The zero-order valence-electron chi connectivity index (χ0n) is 5.13. The van der Waals surface area contributed by atoms with Crippen molar-refractivity contribution in [1.82, 2.24) is 9.78 Å². The van der Waals surface area contributed by atoms with E-state index in [1.807, 2.05) is 6.92 Å². The average Bonchev–Trinajstić information content (AvgIpc) is 2.15. The minimum absolute atomic E-state index is 0.692. The molecular formula is C5H8BrN3. The third-order valence-electron chi connectivity index (χ3n) is 1.13. The molecule has 1 aromatic rings. The minimum Gasteiger partial charge on any atom is -0.383 e. The summed E-state index contributed by atoms with van der Waals surface area (Å²) in [5.41, 5.74) is 5.57. The molecule has 2 N–H and O–H groups in total. The van der Waals surface area contributed by atoms with Crippen molar-refractivity contribution in [2.24, 2.45) is 0 Å². The van der Waals surface area contributed by atoms with E-state index in [1.54, 1.807) is 10.9 Å². The normalized spacial score (nSPS) is 10.0. The van der Waals surface area contributed by atoms with Crippen LogP contribution in [0.15, 0.2) is 10.7 Å². The fourth-order valence-corrected chi connectivity index (χ4v) is 0.920. The van der Waals surface area contributed by atoms with Gasteiger partial charge in [-0.3, -0.25) is 0 Å². The van der Waals surface area contributed by atoms with E-state index in [9.17, 15) is 0 Å². The summed E-state index contributed by atoms with van der Waals surface area (Å²) in [5, 5.41) is 3.98. The lowest BCUT2D eigenvalue weighted by molar-refractivity contribution is 0.670. The third kappa shape index (κ3) is 1.08. The van der Waals surface area contributed by atoms with Gasteiger partial charge in [-0.15, -0.1) is 0 Å². The summed E-state index contributed by atoms with van der Waals surface area (Å²) in [6.45, 7) is 2.81. The molecule has 0 aliphatic rings. The van der Waals surface area contributed by atoms with Gasteiger partial charge in [0, 0.05) is 6.54 Å². The van der Waals surface area contributed by atoms with Crippen molar-refractivity contribution in [1.29, 1.82) is 0 Å². The summed E-state index contributed by atoms with van der Waals surface area (Å²) in [5.74, 6) is 0.692. The van der Waals surface area contributed by atoms with E-state index in [0.717, 1.165) is 11.0 Å². The van der Waals surface area contributed by atoms with Gasteiger partial charge < -0.3 is 5.73 Å². The van der Waals surface area contributed by atoms with Crippen LogP contribution in [0.4, 0.5) is 5.82 Å². The van der Waals surface area contributed by atoms with Crippen LogP contribution in [0.1, 0.15) is 6.92 Å². The molecule has 0 fully saturated rings. The summed E-state index contributed by atoms with van der Waals surface area (Å²) < 4.78 is 2.59. The van der Waals surface area contributed by atoms with Crippen molar-refractivity contribution in [3.8, 4) is 0 Å². The van der Waals surface area contributed by atoms with E-state index >= 15 is 0 Å². The summed E-state index contributed by atoms with van der Waals surface area (Å²) in [6.07, 6.45) is 1.69. The topological polar surface area (TPSA) is 43.8 Å². The number of nitrogens with zero attached hydrogens (tertiary/aromatic N) is 2. The van der Waals surface area contributed by atoms with Gasteiger partial charge in [0.15, 0.2) is 0 Å². The monoisotopic (exact) mass is 189 g/mol. The number of nitrogen functional groups attached to an aromatic ring is 1. The molecule has 0 radical (unpaired) electrons. The van der Waals surface area contributed by atoms with Crippen molar-refractivity contribution in [2.75, 3.05) is 5.73 Å². The Balaban J connectivity index is 3.04. The van der Waals surface area contributed by atoms with E-state index in [-0.39, 0.29) is 0 Å². The number of anilines is 1. The first-order valence-corrected chi connectivity index (χ1v) is 3.51. The largest absolute Gasteiger partial charge is 0.383 e. The first-order valence-electron chi connectivity index (χ1n) is 2.72. The molecule has 0 saturated heterocycles. The molecule has 0 bridgehead atoms. The average molecular weight is 190 g/mol. The smallest absolute Gasteiger partial charge is 0.136 e. The van der Waals surface area contributed by atoms with E-state index in [0.29, 0.717) is 5.82 Å². The number of nitrogens with two attached hydrogens (primary N) is 1. The molecular weight excluding hydrogens is 182 g/mol. The molecule has 0 spiro atoms. The lowest BCUT2D eigenvalue weighted by atomic mass is 10.6. The highest BCUT2D eigenvalue weighted by Gasteiger charge is 1.99. The summed E-state index contributed by atoms with van der Waals surface area (Å²) >= 11 is 3.25. The molecule has 3 nitrogen and oxygen atoms in total. The predicted molar refractivity (Wildman–Crippen MR) is 40.0 cm³/mol. The maximum Gasteiger partial charge on any atom is 0.136 e. The van der Waals surface area contributed by atoms with Gasteiger partial charge in [0.2, 0.25) is 0 Å². The summed E-state index contributed by atoms with van der Waals surface area (Å²) in [6, 6.07) is 0. The molecule has 50 valence electrons. The predicted octanol–water partition coefficient (Wildman–Crippen LogP) is 1.25. The number of aromatic nitrogens is 2. The molecule has 0 amide bonds. The van der Waals surface area contributed by atoms with Crippen LogP contribution in [0.5, 0.6) is 0 Å². The molecule has 0 aliphatic heterocycles. The Labute approximate surface area is 62.0 Å². The number of aryl methyl sites for hydroxylation is 1. The van der Waals surface area contributed by atoms with Gasteiger partial charge in [-0.1, -0.05) is 0 Å². The highest BCUT2D eigenvalue weighted by atomic mass is 79.9. The van der Waals surface area contributed by atoms with Crippen molar-refractivity contribution in [2.45, 2.75) is 13.5 Å². The molecule has 4 heteroatoms. The molecule has 1 rings (SSSR count). The highest BCUT2D eigenvalue weighted by molar-refractivity contribution is 9.10. The Kier molecular flexibility index (Phi) is 1.75. The van der Waals surface area contributed by atoms with Gasteiger partial charge in [0.1, 0.15) is 5.82 Å². The lowest BCUT2D eigenvalue weighted by Gasteiger charge is -1.96. The van der Waals surface area contributed by atoms with Crippen molar-refractivity contribution in [3.63, 3.8) is 0 Å². The molecule has 0 unspecified atom stereocenters. The van der Waals surface area contributed by atoms with E-state index in [4.69, 9.17) is 5.73 Å². The van der Waals surface area contributed by atoms with Crippen LogP contribution in [0.2, 0.25) is 0 Å². The molecule has 0 aromatic carbocycles. The Bertz CT molecular complexity index is 206. The van der Waals surface area contributed by atoms with Crippen LogP contribution in [0, 0.1) is 0 Å². The first kappa shape index (κ1) is 6.61. The number of hydrogen-bond donors (Lipinski definition) is 1. The first-order chi connectivity index (χ1) is 4.25. The van der Waals surface area contributed by atoms with Gasteiger partial charge in [-0.05, 0) is 22.9 Å². The molecule has 1 aromatic heterocycles. The maximum atomic E-state index is 5.57. The molecule has 0 aliphatic carbocycles. The Hall–Kier alpha value is -0.510. The van der Waals surface area contributed by atoms with Crippen molar-refractivity contribution >= 4 is 21.7 Å².